The molecule has 78 valence electrons. The van der Waals surface area contributed by atoms with Crippen molar-refractivity contribution in [1.29, 1.82) is 0 Å². The molecule has 1 aromatic rings. The lowest BCUT2D eigenvalue weighted by Gasteiger charge is -2.27. The van der Waals surface area contributed by atoms with Gasteiger partial charge in [0.2, 0.25) is 0 Å². The van der Waals surface area contributed by atoms with Gasteiger partial charge < -0.3 is 5.32 Å². The molecule has 0 aliphatic carbocycles. The molecule has 0 bridgehead atoms. The zero-order valence-corrected chi connectivity index (χ0v) is 9.67. The fourth-order valence-electron chi connectivity index (χ4n) is 1.13. The third-order valence-electron chi connectivity index (χ3n) is 2.86. The second kappa shape index (κ2) is 4.50. The molecule has 0 saturated carbocycles. The maximum absolute atomic E-state index is 3.45. The van der Waals surface area contributed by atoms with Crippen LogP contribution in [0.2, 0.25) is 0 Å². The van der Waals surface area contributed by atoms with Gasteiger partial charge in [-0.3, -0.25) is 0 Å². The molecule has 0 aromatic heterocycles. The second-order valence-electron chi connectivity index (χ2n) is 5.01. The van der Waals surface area contributed by atoms with Crippen molar-refractivity contribution in [2.45, 2.75) is 27.7 Å². The van der Waals surface area contributed by atoms with Crippen molar-refractivity contribution in [3.8, 4) is 0 Å². The van der Waals surface area contributed by atoms with E-state index in [-0.39, 0.29) is 0 Å². The number of anilines is 1. The molecule has 1 nitrogen and oxygen atoms in total. The fraction of sp³-hybridized carbons (Fsp3) is 0.538. The van der Waals surface area contributed by atoms with Crippen molar-refractivity contribution in [3.63, 3.8) is 0 Å². The molecule has 0 fully saturated rings. The van der Waals surface area contributed by atoms with Gasteiger partial charge in [0.15, 0.2) is 0 Å². The minimum Gasteiger partial charge on any atom is -0.385 e. The fourth-order valence-corrected chi connectivity index (χ4v) is 1.13. The molecule has 0 radical (unpaired) electrons. The molecular weight excluding hydrogens is 170 g/mol. The Morgan fingerprint density at radius 1 is 1.14 bits per heavy atom. The van der Waals surface area contributed by atoms with Gasteiger partial charge in [-0.2, -0.15) is 0 Å². The van der Waals surface area contributed by atoms with Crippen LogP contribution in [0.3, 0.4) is 0 Å². The topological polar surface area (TPSA) is 12.0 Å². The third-order valence-corrected chi connectivity index (χ3v) is 2.86. The molecular formula is C13H21N. The highest BCUT2D eigenvalue weighted by molar-refractivity contribution is 5.42. The average Bonchev–Trinajstić information content (AvgIpc) is 2.14. The summed E-state index contributed by atoms with van der Waals surface area (Å²) in [7, 11) is 0. The number of rotatable bonds is 3. The Bertz CT molecular complexity index is 258. The summed E-state index contributed by atoms with van der Waals surface area (Å²) in [5.41, 5.74) is 1.59. The van der Waals surface area contributed by atoms with Gasteiger partial charge in [0, 0.05) is 12.2 Å². The number of nitrogens with one attached hydrogen (secondary N) is 1. The van der Waals surface area contributed by atoms with Crippen LogP contribution in [0.25, 0.3) is 0 Å². The van der Waals surface area contributed by atoms with Crippen LogP contribution < -0.4 is 5.32 Å². The first-order valence-corrected chi connectivity index (χ1v) is 5.29. The summed E-state index contributed by atoms with van der Waals surface area (Å²) < 4.78 is 0. The molecule has 1 unspecified atom stereocenters. The standard InChI is InChI=1S/C13H21N/c1-11(13(2,3)4)10-14-12-8-6-5-7-9-12/h5-9,11,14H,10H2,1-4H3. The van der Waals surface area contributed by atoms with E-state index in [0.29, 0.717) is 11.3 Å². The zero-order chi connectivity index (χ0) is 10.6. The first-order valence-electron chi connectivity index (χ1n) is 5.29. The highest BCUT2D eigenvalue weighted by Crippen LogP contribution is 2.25. The van der Waals surface area contributed by atoms with Gasteiger partial charge in [0.05, 0.1) is 0 Å². The molecule has 0 saturated heterocycles. The van der Waals surface area contributed by atoms with Gasteiger partial charge in [-0.1, -0.05) is 45.9 Å². The summed E-state index contributed by atoms with van der Waals surface area (Å²) in [5, 5.41) is 3.45. The Kier molecular flexibility index (Phi) is 3.56. The predicted octanol–water partition coefficient (Wildman–Crippen LogP) is 3.78. The van der Waals surface area contributed by atoms with Crippen LogP contribution in [0.1, 0.15) is 27.7 Å². The third kappa shape index (κ3) is 3.41. The summed E-state index contributed by atoms with van der Waals surface area (Å²) in [6.07, 6.45) is 0. The van der Waals surface area contributed by atoms with Crippen LogP contribution in [0.4, 0.5) is 5.69 Å². The quantitative estimate of drug-likeness (QED) is 0.766. The molecule has 0 aliphatic heterocycles. The van der Waals surface area contributed by atoms with E-state index in [9.17, 15) is 0 Å². The highest BCUT2D eigenvalue weighted by Gasteiger charge is 2.19. The molecule has 0 amide bonds. The van der Waals surface area contributed by atoms with Crippen molar-refractivity contribution in [2.75, 3.05) is 11.9 Å². The largest absolute Gasteiger partial charge is 0.385 e. The van der Waals surface area contributed by atoms with Crippen LogP contribution in [0, 0.1) is 11.3 Å². The Morgan fingerprint density at radius 3 is 2.21 bits per heavy atom. The molecule has 1 rings (SSSR count). The lowest BCUT2D eigenvalue weighted by atomic mass is 9.82. The highest BCUT2D eigenvalue weighted by atomic mass is 14.9. The van der Waals surface area contributed by atoms with Crippen molar-refractivity contribution in [2.24, 2.45) is 11.3 Å². The number of hydrogen-bond donors (Lipinski definition) is 1. The Morgan fingerprint density at radius 2 is 1.71 bits per heavy atom. The second-order valence-corrected chi connectivity index (χ2v) is 5.01. The van der Waals surface area contributed by atoms with E-state index >= 15 is 0 Å². The summed E-state index contributed by atoms with van der Waals surface area (Å²) >= 11 is 0. The van der Waals surface area contributed by atoms with Gasteiger partial charge in [-0.05, 0) is 23.5 Å². The van der Waals surface area contributed by atoms with E-state index < -0.39 is 0 Å². The predicted molar refractivity (Wildman–Crippen MR) is 63.6 cm³/mol. The lowest BCUT2D eigenvalue weighted by Crippen LogP contribution is -2.24. The monoisotopic (exact) mass is 191 g/mol. The van der Waals surface area contributed by atoms with E-state index in [1.165, 1.54) is 5.69 Å². The van der Waals surface area contributed by atoms with E-state index in [0.717, 1.165) is 6.54 Å². The van der Waals surface area contributed by atoms with Crippen molar-refractivity contribution < 1.29 is 0 Å². The van der Waals surface area contributed by atoms with Crippen LogP contribution in [-0.4, -0.2) is 6.54 Å². The molecule has 1 aromatic carbocycles. The number of benzene rings is 1. The molecule has 14 heavy (non-hydrogen) atoms. The van der Waals surface area contributed by atoms with Gasteiger partial charge in [0.25, 0.3) is 0 Å². The molecule has 1 atom stereocenters. The Balaban J connectivity index is 2.42. The van der Waals surface area contributed by atoms with Crippen molar-refractivity contribution in [1.82, 2.24) is 0 Å². The first kappa shape index (κ1) is 11.1. The number of hydrogen-bond acceptors (Lipinski definition) is 1. The maximum atomic E-state index is 3.45. The van der Waals surface area contributed by atoms with E-state index in [1.807, 2.05) is 6.07 Å². The van der Waals surface area contributed by atoms with Crippen molar-refractivity contribution >= 4 is 5.69 Å². The van der Waals surface area contributed by atoms with Crippen LogP contribution in [-0.2, 0) is 0 Å². The van der Waals surface area contributed by atoms with Crippen LogP contribution in [0.15, 0.2) is 30.3 Å². The zero-order valence-electron chi connectivity index (χ0n) is 9.67. The molecule has 1 N–H and O–H groups in total. The van der Waals surface area contributed by atoms with E-state index in [2.05, 4.69) is 57.3 Å². The normalized spacial score (nSPS) is 13.7. The number of para-hydroxylation sites is 1. The van der Waals surface area contributed by atoms with Crippen LogP contribution in [0.5, 0.6) is 0 Å². The SMILES string of the molecule is CC(CNc1ccccc1)C(C)(C)C. The Hall–Kier alpha value is -0.980. The first-order chi connectivity index (χ1) is 6.50. The average molecular weight is 191 g/mol. The minimum atomic E-state index is 0.377. The van der Waals surface area contributed by atoms with E-state index in [4.69, 9.17) is 0 Å². The van der Waals surface area contributed by atoms with Gasteiger partial charge in [-0.15, -0.1) is 0 Å². The Labute approximate surface area is 87.5 Å². The molecule has 0 heterocycles. The summed E-state index contributed by atoms with van der Waals surface area (Å²) in [4.78, 5) is 0. The lowest BCUT2D eigenvalue weighted by molar-refractivity contribution is 0.274. The summed E-state index contributed by atoms with van der Waals surface area (Å²) in [6, 6.07) is 10.4. The maximum Gasteiger partial charge on any atom is 0.0340 e. The molecule has 1 heteroatoms. The van der Waals surface area contributed by atoms with Crippen molar-refractivity contribution in [3.05, 3.63) is 30.3 Å². The summed E-state index contributed by atoms with van der Waals surface area (Å²) in [6.45, 7) is 10.2. The van der Waals surface area contributed by atoms with Crippen LogP contribution >= 0.6 is 0 Å². The van der Waals surface area contributed by atoms with Gasteiger partial charge in [0.1, 0.15) is 0 Å². The van der Waals surface area contributed by atoms with Gasteiger partial charge >= 0.3 is 0 Å². The molecule has 0 spiro atoms. The molecule has 0 aliphatic rings. The van der Waals surface area contributed by atoms with Gasteiger partial charge in [-0.25, -0.2) is 0 Å². The smallest absolute Gasteiger partial charge is 0.0340 e. The summed E-state index contributed by atoms with van der Waals surface area (Å²) in [5.74, 6) is 0.669. The minimum absolute atomic E-state index is 0.377. The van der Waals surface area contributed by atoms with E-state index in [1.54, 1.807) is 0 Å².